The average Bonchev–Trinajstić information content (AvgIpc) is 2.01. The summed E-state index contributed by atoms with van der Waals surface area (Å²) in [7, 11) is 0. The van der Waals surface area contributed by atoms with Crippen LogP contribution in [0, 0.1) is 11.3 Å². The van der Waals surface area contributed by atoms with Crippen LogP contribution in [-0.2, 0) is 0 Å². The van der Waals surface area contributed by atoms with Crippen LogP contribution < -0.4 is 5.73 Å². The fourth-order valence-electron chi connectivity index (χ4n) is 0.745. The minimum atomic E-state index is -4.43. The van der Waals surface area contributed by atoms with E-state index in [-0.39, 0.29) is 28.0 Å². The smallest absolute Gasteiger partial charge is 0.384 e. The molecule has 2 N–H and O–H groups in total. The minimum absolute atomic E-state index is 0.0456. The zero-order valence-corrected chi connectivity index (χ0v) is 7.49. The number of nitriles is 1. The molecule has 0 amide bonds. The van der Waals surface area contributed by atoms with E-state index >= 15 is 0 Å². The molecule has 0 aliphatic carbocycles. The molecular formula is C7H4F3N3S. The lowest BCUT2D eigenvalue weighted by Crippen LogP contribution is -2.01. The molecule has 1 heterocycles. The number of halogens is 3. The number of hydrogen-bond acceptors (Lipinski definition) is 4. The number of aromatic nitrogens is 1. The Bertz CT molecular complexity index is 383. The van der Waals surface area contributed by atoms with Gasteiger partial charge in [-0.05, 0) is 17.8 Å². The summed E-state index contributed by atoms with van der Waals surface area (Å²) < 4.78 is 35.9. The van der Waals surface area contributed by atoms with Gasteiger partial charge in [-0.3, -0.25) is 0 Å². The Balaban J connectivity index is 3.07. The fourth-order valence-corrected chi connectivity index (χ4v) is 1.38. The highest BCUT2D eigenvalue weighted by Gasteiger charge is 2.30. The van der Waals surface area contributed by atoms with E-state index < -0.39 is 5.51 Å². The molecule has 0 aliphatic heterocycles. The van der Waals surface area contributed by atoms with Crippen LogP contribution in [0.1, 0.15) is 5.56 Å². The van der Waals surface area contributed by atoms with Gasteiger partial charge in [0, 0.05) is 11.1 Å². The van der Waals surface area contributed by atoms with E-state index in [9.17, 15) is 13.2 Å². The maximum atomic E-state index is 12.0. The molecule has 0 bridgehead atoms. The molecule has 0 saturated carbocycles. The van der Waals surface area contributed by atoms with E-state index in [0.717, 1.165) is 12.3 Å². The number of anilines is 1. The van der Waals surface area contributed by atoms with Crippen molar-refractivity contribution in [2.45, 2.75) is 10.4 Å². The molecule has 7 heteroatoms. The number of pyridine rings is 1. The summed E-state index contributed by atoms with van der Waals surface area (Å²) in [6.07, 6.45) is 1.02. The Morgan fingerprint density at radius 1 is 1.50 bits per heavy atom. The normalized spacial score (nSPS) is 11.0. The second-order valence-corrected chi connectivity index (χ2v) is 3.37. The van der Waals surface area contributed by atoms with Gasteiger partial charge in [0.05, 0.1) is 5.56 Å². The molecule has 0 fully saturated rings. The largest absolute Gasteiger partial charge is 0.446 e. The number of nitrogen functional groups attached to an aromatic ring is 1. The van der Waals surface area contributed by atoms with Crippen molar-refractivity contribution in [2.24, 2.45) is 0 Å². The van der Waals surface area contributed by atoms with Crippen LogP contribution in [0.3, 0.4) is 0 Å². The molecule has 14 heavy (non-hydrogen) atoms. The predicted octanol–water partition coefficient (Wildman–Crippen LogP) is 2.15. The molecule has 0 radical (unpaired) electrons. The summed E-state index contributed by atoms with van der Waals surface area (Å²) in [6, 6.07) is 2.63. The van der Waals surface area contributed by atoms with Crippen molar-refractivity contribution < 1.29 is 13.2 Å². The Morgan fingerprint density at radius 3 is 2.64 bits per heavy atom. The van der Waals surface area contributed by atoms with Gasteiger partial charge in [-0.15, -0.1) is 0 Å². The second kappa shape index (κ2) is 3.75. The van der Waals surface area contributed by atoms with Gasteiger partial charge in [-0.2, -0.15) is 18.4 Å². The SMILES string of the molecule is N#Cc1cnc(N)cc1SC(F)(F)F. The highest BCUT2D eigenvalue weighted by atomic mass is 32.2. The van der Waals surface area contributed by atoms with E-state index in [2.05, 4.69) is 4.98 Å². The summed E-state index contributed by atoms with van der Waals surface area (Å²) in [5.74, 6) is -0.0456. The van der Waals surface area contributed by atoms with E-state index in [0.29, 0.717) is 0 Å². The quantitative estimate of drug-likeness (QED) is 0.735. The number of thioether (sulfide) groups is 1. The van der Waals surface area contributed by atoms with Crippen LogP contribution in [-0.4, -0.2) is 10.5 Å². The fraction of sp³-hybridized carbons (Fsp3) is 0.143. The van der Waals surface area contributed by atoms with Crippen molar-refractivity contribution in [2.75, 3.05) is 5.73 Å². The Morgan fingerprint density at radius 2 is 2.14 bits per heavy atom. The van der Waals surface area contributed by atoms with Crippen molar-refractivity contribution in [3.8, 4) is 6.07 Å². The summed E-state index contributed by atoms with van der Waals surface area (Å²) in [6.45, 7) is 0. The Labute approximate surface area is 81.7 Å². The van der Waals surface area contributed by atoms with Gasteiger partial charge in [-0.1, -0.05) is 0 Å². The highest BCUT2D eigenvalue weighted by Crippen LogP contribution is 2.38. The van der Waals surface area contributed by atoms with Crippen LogP contribution in [0.25, 0.3) is 0 Å². The number of nitrogens with two attached hydrogens (primary N) is 1. The first-order valence-electron chi connectivity index (χ1n) is 3.34. The van der Waals surface area contributed by atoms with Crippen LogP contribution in [0.4, 0.5) is 19.0 Å². The molecule has 0 aromatic carbocycles. The van der Waals surface area contributed by atoms with Crippen molar-refractivity contribution in [1.82, 2.24) is 4.98 Å². The van der Waals surface area contributed by atoms with E-state index in [1.807, 2.05) is 0 Å². The van der Waals surface area contributed by atoms with Gasteiger partial charge < -0.3 is 5.73 Å². The Kier molecular flexibility index (Phi) is 2.86. The molecule has 1 aromatic heterocycles. The van der Waals surface area contributed by atoms with Crippen molar-refractivity contribution in [3.05, 3.63) is 17.8 Å². The highest BCUT2D eigenvalue weighted by molar-refractivity contribution is 8.00. The van der Waals surface area contributed by atoms with Crippen LogP contribution in [0.5, 0.6) is 0 Å². The van der Waals surface area contributed by atoms with Crippen LogP contribution >= 0.6 is 11.8 Å². The lowest BCUT2D eigenvalue weighted by atomic mass is 10.3. The van der Waals surface area contributed by atoms with Gasteiger partial charge in [0.1, 0.15) is 11.9 Å². The summed E-state index contributed by atoms with van der Waals surface area (Å²) in [5, 5.41) is 8.49. The van der Waals surface area contributed by atoms with Gasteiger partial charge in [-0.25, -0.2) is 4.98 Å². The van der Waals surface area contributed by atoms with Crippen LogP contribution in [0.15, 0.2) is 17.2 Å². The molecule has 0 unspecified atom stereocenters. The van der Waals surface area contributed by atoms with Gasteiger partial charge in [0.25, 0.3) is 0 Å². The van der Waals surface area contributed by atoms with Crippen molar-refractivity contribution >= 4 is 17.6 Å². The maximum Gasteiger partial charge on any atom is 0.446 e. The third-order valence-electron chi connectivity index (χ3n) is 1.23. The van der Waals surface area contributed by atoms with Crippen molar-refractivity contribution in [1.29, 1.82) is 5.26 Å². The first-order chi connectivity index (χ1) is 6.42. The van der Waals surface area contributed by atoms with Crippen LogP contribution in [0.2, 0.25) is 0 Å². The van der Waals surface area contributed by atoms with Gasteiger partial charge in [0.15, 0.2) is 0 Å². The third-order valence-corrected chi connectivity index (χ3v) is 2.02. The minimum Gasteiger partial charge on any atom is -0.384 e. The molecule has 74 valence electrons. The topological polar surface area (TPSA) is 62.7 Å². The Hall–Kier alpha value is -1.42. The summed E-state index contributed by atoms with van der Waals surface area (Å²) in [4.78, 5) is 3.29. The predicted molar refractivity (Wildman–Crippen MR) is 45.3 cm³/mol. The molecule has 0 saturated heterocycles. The maximum absolute atomic E-state index is 12.0. The zero-order valence-electron chi connectivity index (χ0n) is 6.67. The van der Waals surface area contributed by atoms with E-state index in [1.165, 1.54) is 0 Å². The lowest BCUT2D eigenvalue weighted by Gasteiger charge is -2.06. The third kappa shape index (κ3) is 2.81. The average molecular weight is 219 g/mol. The van der Waals surface area contributed by atoms with Gasteiger partial charge >= 0.3 is 5.51 Å². The zero-order chi connectivity index (χ0) is 10.8. The monoisotopic (exact) mass is 219 g/mol. The molecule has 3 nitrogen and oxygen atoms in total. The first-order valence-corrected chi connectivity index (χ1v) is 4.15. The summed E-state index contributed by atoms with van der Waals surface area (Å²) >= 11 is -0.376. The van der Waals surface area contributed by atoms with E-state index in [1.54, 1.807) is 6.07 Å². The summed E-state index contributed by atoms with van der Waals surface area (Å²) in [5.41, 5.74) is 0.631. The number of hydrogen-bond donors (Lipinski definition) is 1. The van der Waals surface area contributed by atoms with Crippen molar-refractivity contribution in [3.63, 3.8) is 0 Å². The molecular weight excluding hydrogens is 215 g/mol. The molecule has 0 spiro atoms. The molecule has 0 atom stereocenters. The number of alkyl halides is 3. The molecule has 1 aromatic rings. The molecule has 1 rings (SSSR count). The standard InChI is InChI=1S/C7H4F3N3S/c8-7(9,10)14-5-1-6(12)13-3-4(5)2-11/h1,3H,(H2,12,13). The van der Waals surface area contributed by atoms with E-state index in [4.69, 9.17) is 11.0 Å². The molecule has 0 aliphatic rings. The number of rotatable bonds is 1. The lowest BCUT2D eigenvalue weighted by molar-refractivity contribution is -0.0328. The van der Waals surface area contributed by atoms with Gasteiger partial charge in [0.2, 0.25) is 0 Å². The first kappa shape index (κ1) is 10.7. The number of nitrogens with zero attached hydrogens (tertiary/aromatic N) is 2. The second-order valence-electron chi connectivity index (χ2n) is 2.26.